The van der Waals surface area contributed by atoms with Gasteiger partial charge >= 0.3 is 5.97 Å². The van der Waals surface area contributed by atoms with Crippen LogP contribution in [0.3, 0.4) is 0 Å². The van der Waals surface area contributed by atoms with Crippen LogP contribution in [0.25, 0.3) is 22.4 Å². The lowest BCUT2D eigenvalue weighted by Gasteiger charge is -2.11. The molecule has 3 N–H and O–H groups in total. The molecule has 1 aromatic heterocycles. The molecule has 6 nitrogen and oxygen atoms in total. The molecule has 0 spiro atoms. The maximum absolute atomic E-state index is 14.0. The summed E-state index contributed by atoms with van der Waals surface area (Å²) in [7, 11) is 0. The van der Waals surface area contributed by atoms with Crippen LogP contribution in [0.15, 0.2) is 54.9 Å². The number of ether oxygens (including phenoxy) is 1. The molecule has 7 heteroatoms. The summed E-state index contributed by atoms with van der Waals surface area (Å²) >= 11 is 0. The van der Waals surface area contributed by atoms with Gasteiger partial charge in [-0.05, 0) is 11.6 Å². The van der Waals surface area contributed by atoms with E-state index in [1.54, 1.807) is 36.5 Å². The highest BCUT2D eigenvalue weighted by Crippen LogP contribution is 2.33. The molecule has 0 unspecified atom stereocenters. The molecule has 1 heterocycles. The number of halogens is 1. The molecule has 2 aromatic carbocycles. The van der Waals surface area contributed by atoms with Gasteiger partial charge in [0.1, 0.15) is 5.82 Å². The molecule has 0 amide bonds. The second-order valence-electron chi connectivity index (χ2n) is 5.20. The van der Waals surface area contributed by atoms with Crippen molar-refractivity contribution in [2.24, 2.45) is 0 Å². The van der Waals surface area contributed by atoms with Gasteiger partial charge in [-0.1, -0.05) is 36.4 Å². The van der Waals surface area contributed by atoms with Gasteiger partial charge in [-0.25, -0.2) is 14.2 Å². The largest absolute Gasteiger partial charge is 0.479 e. The van der Waals surface area contributed by atoms with Gasteiger partial charge in [0.15, 0.2) is 18.2 Å². The van der Waals surface area contributed by atoms with Crippen molar-refractivity contribution in [1.29, 1.82) is 0 Å². The van der Waals surface area contributed by atoms with E-state index in [0.29, 0.717) is 22.6 Å². The average Bonchev–Trinajstić information content (AvgIpc) is 2.61. The van der Waals surface area contributed by atoms with Gasteiger partial charge in [0.2, 0.25) is 0 Å². The van der Waals surface area contributed by atoms with Crippen LogP contribution in [0.4, 0.5) is 10.2 Å². The molecule has 0 aliphatic carbocycles. The van der Waals surface area contributed by atoms with Crippen molar-refractivity contribution in [2.75, 3.05) is 12.3 Å². The molecule has 126 valence electrons. The Kier molecular flexibility index (Phi) is 4.56. The maximum atomic E-state index is 14.0. The third-order valence-corrected chi connectivity index (χ3v) is 3.47. The second kappa shape index (κ2) is 6.96. The molecule has 3 rings (SSSR count). The molecule has 0 aliphatic heterocycles. The van der Waals surface area contributed by atoms with E-state index in [1.165, 1.54) is 18.3 Å². The van der Waals surface area contributed by atoms with Gasteiger partial charge in [-0.3, -0.25) is 4.98 Å². The Labute approximate surface area is 142 Å². The number of nitrogens with zero attached hydrogens (tertiary/aromatic N) is 2. The highest BCUT2D eigenvalue weighted by atomic mass is 19.1. The fraction of sp³-hybridized carbons (Fsp3) is 0.0556. The van der Waals surface area contributed by atoms with Crippen molar-refractivity contribution < 1.29 is 19.0 Å². The Balaban J connectivity index is 1.93. The second-order valence-corrected chi connectivity index (χ2v) is 5.20. The lowest BCUT2D eigenvalue weighted by Crippen LogP contribution is -2.11. The number of nitrogens with two attached hydrogens (primary N) is 1. The minimum atomic E-state index is -1.17. The summed E-state index contributed by atoms with van der Waals surface area (Å²) < 4.78 is 19.1. The molecule has 0 saturated carbocycles. The van der Waals surface area contributed by atoms with E-state index in [4.69, 9.17) is 15.6 Å². The topological polar surface area (TPSA) is 98.3 Å². The number of hydrogen-bond acceptors (Lipinski definition) is 5. The number of rotatable bonds is 5. The number of nitrogen functional groups attached to an aromatic ring is 1. The number of para-hydroxylation sites is 1. The summed E-state index contributed by atoms with van der Waals surface area (Å²) in [4.78, 5) is 18.9. The van der Waals surface area contributed by atoms with Crippen LogP contribution in [0, 0.1) is 5.82 Å². The zero-order valence-electron chi connectivity index (χ0n) is 13.0. The average molecular weight is 339 g/mol. The quantitative estimate of drug-likeness (QED) is 0.741. The van der Waals surface area contributed by atoms with Crippen molar-refractivity contribution in [3.63, 3.8) is 0 Å². The molecule has 0 aliphatic rings. The van der Waals surface area contributed by atoms with E-state index in [9.17, 15) is 9.18 Å². The minimum Gasteiger partial charge on any atom is -0.479 e. The van der Waals surface area contributed by atoms with Crippen LogP contribution in [0.5, 0.6) is 5.75 Å². The number of aromatic nitrogens is 2. The lowest BCUT2D eigenvalue weighted by atomic mass is 10.0. The number of hydrogen-bond donors (Lipinski definition) is 2. The number of carboxylic acid groups (broad SMARTS) is 1. The third-order valence-electron chi connectivity index (χ3n) is 3.47. The Morgan fingerprint density at radius 2 is 1.80 bits per heavy atom. The first-order chi connectivity index (χ1) is 12.0. The van der Waals surface area contributed by atoms with Gasteiger partial charge in [0, 0.05) is 11.1 Å². The minimum absolute atomic E-state index is 0.0927. The summed E-state index contributed by atoms with van der Waals surface area (Å²) in [5.41, 5.74) is 8.15. The van der Waals surface area contributed by atoms with Crippen LogP contribution in [-0.4, -0.2) is 27.7 Å². The summed E-state index contributed by atoms with van der Waals surface area (Å²) in [6.07, 6.45) is 3.03. The van der Waals surface area contributed by atoms with E-state index in [2.05, 4.69) is 9.97 Å². The van der Waals surface area contributed by atoms with Crippen molar-refractivity contribution in [3.05, 3.63) is 60.7 Å². The van der Waals surface area contributed by atoms with Gasteiger partial charge < -0.3 is 15.6 Å². The normalized spacial score (nSPS) is 10.4. The zero-order chi connectivity index (χ0) is 17.8. The number of benzene rings is 2. The summed E-state index contributed by atoms with van der Waals surface area (Å²) in [6.45, 7) is -0.618. The van der Waals surface area contributed by atoms with Crippen LogP contribution in [-0.2, 0) is 4.79 Å². The Bertz CT molecular complexity index is 896. The molecule has 0 radical (unpaired) electrons. The van der Waals surface area contributed by atoms with E-state index < -0.39 is 18.4 Å². The molecule has 0 atom stereocenters. The number of carbonyl (C=O) groups is 1. The van der Waals surface area contributed by atoms with E-state index in [0.717, 1.165) is 5.56 Å². The maximum Gasteiger partial charge on any atom is 0.341 e. The molecule has 3 aromatic rings. The molecule has 0 saturated heterocycles. The smallest absolute Gasteiger partial charge is 0.341 e. The summed E-state index contributed by atoms with van der Waals surface area (Å²) in [6, 6.07) is 11.6. The third kappa shape index (κ3) is 3.72. The Morgan fingerprint density at radius 1 is 1.08 bits per heavy atom. The zero-order valence-corrected chi connectivity index (χ0v) is 13.0. The lowest BCUT2D eigenvalue weighted by molar-refractivity contribution is -0.139. The van der Waals surface area contributed by atoms with E-state index >= 15 is 0 Å². The van der Waals surface area contributed by atoms with Crippen LogP contribution in [0.1, 0.15) is 0 Å². The summed E-state index contributed by atoms with van der Waals surface area (Å²) in [5, 5.41) is 8.74. The predicted octanol–water partition coefficient (Wildman–Crippen LogP) is 3.00. The first-order valence-corrected chi connectivity index (χ1v) is 7.36. The molecular formula is C18H14FN3O3. The van der Waals surface area contributed by atoms with Crippen LogP contribution >= 0.6 is 0 Å². The molecule has 0 fully saturated rings. The van der Waals surface area contributed by atoms with Crippen molar-refractivity contribution in [3.8, 4) is 28.1 Å². The molecular weight excluding hydrogens is 325 g/mol. The van der Waals surface area contributed by atoms with Crippen molar-refractivity contribution >= 4 is 11.8 Å². The highest BCUT2D eigenvalue weighted by molar-refractivity contribution is 5.74. The fourth-order valence-corrected chi connectivity index (χ4v) is 2.32. The fourth-order valence-electron chi connectivity index (χ4n) is 2.32. The molecule has 25 heavy (non-hydrogen) atoms. The number of anilines is 1. The van der Waals surface area contributed by atoms with Crippen LogP contribution in [0.2, 0.25) is 0 Å². The SMILES string of the molecule is Nc1cnc(-c2ccc(-c3cccc(F)c3OCC(=O)O)cc2)cn1. The van der Waals surface area contributed by atoms with Gasteiger partial charge in [0.25, 0.3) is 0 Å². The van der Waals surface area contributed by atoms with E-state index in [-0.39, 0.29) is 5.75 Å². The van der Waals surface area contributed by atoms with Gasteiger partial charge in [-0.2, -0.15) is 0 Å². The van der Waals surface area contributed by atoms with Gasteiger partial charge in [0.05, 0.1) is 18.1 Å². The standard InChI is InChI=1S/C18H14FN3O3/c19-14-3-1-2-13(18(14)25-10-17(23)24)11-4-6-12(7-5-11)15-8-22-16(20)9-21-15/h1-9H,10H2,(H2,20,22)(H,23,24). The summed E-state index contributed by atoms with van der Waals surface area (Å²) in [5.74, 6) is -1.55. The Hall–Kier alpha value is -3.48. The Morgan fingerprint density at radius 3 is 2.44 bits per heavy atom. The van der Waals surface area contributed by atoms with Crippen molar-refractivity contribution in [1.82, 2.24) is 9.97 Å². The van der Waals surface area contributed by atoms with Crippen molar-refractivity contribution in [2.45, 2.75) is 0 Å². The van der Waals surface area contributed by atoms with Crippen LogP contribution < -0.4 is 10.5 Å². The monoisotopic (exact) mass is 339 g/mol. The van der Waals surface area contributed by atoms with E-state index in [1.807, 2.05) is 0 Å². The predicted molar refractivity (Wildman–Crippen MR) is 90.4 cm³/mol. The first-order valence-electron chi connectivity index (χ1n) is 7.36. The first kappa shape index (κ1) is 16.4. The number of carboxylic acids is 1. The number of aliphatic carboxylic acids is 1. The molecule has 0 bridgehead atoms. The van der Waals surface area contributed by atoms with Gasteiger partial charge in [-0.15, -0.1) is 0 Å². The highest BCUT2D eigenvalue weighted by Gasteiger charge is 2.13.